The van der Waals surface area contributed by atoms with Crippen molar-refractivity contribution in [3.05, 3.63) is 70.4 Å². The molecule has 0 N–H and O–H groups in total. The van der Waals surface area contributed by atoms with Crippen molar-refractivity contribution in [2.75, 3.05) is 0 Å². The van der Waals surface area contributed by atoms with Crippen LogP contribution in [-0.4, -0.2) is 4.57 Å². The van der Waals surface area contributed by atoms with E-state index in [4.69, 9.17) is 0 Å². The SMILES string of the molecule is Cc1cc(C)c(Cn2c(C)cc3ccccc32)c(C)c1. The summed E-state index contributed by atoms with van der Waals surface area (Å²) in [6, 6.07) is 15.5. The Bertz CT molecular complexity index is 755. The van der Waals surface area contributed by atoms with Gasteiger partial charge in [-0.05, 0) is 61.9 Å². The Hall–Kier alpha value is -2.02. The Balaban J connectivity index is 2.12. The van der Waals surface area contributed by atoms with Gasteiger partial charge in [-0.3, -0.25) is 0 Å². The average molecular weight is 263 g/mol. The molecule has 0 amide bonds. The lowest BCUT2D eigenvalue weighted by molar-refractivity contribution is 0.794. The summed E-state index contributed by atoms with van der Waals surface area (Å²) in [6.45, 7) is 9.75. The third kappa shape index (κ3) is 2.14. The largest absolute Gasteiger partial charge is 0.340 e. The maximum absolute atomic E-state index is 2.42. The molecular weight excluding hydrogens is 242 g/mol. The van der Waals surface area contributed by atoms with Crippen LogP contribution in [0.15, 0.2) is 42.5 Å². The van der Waals surface area contributed by atoms with Crippen molar-refractivity contribution in [2.45, 2.75) is 34.2 Å². The van der Waals surface area contributed by atoms with Gasteiger partial charge in [0, 0.05) is 17.8 Å². The van der Waals surface area contributed by atoms with E-state index in [0.717, 1.165) is 6.54 Å². The van der Waals surface area contributed by atoms with Crippen molar-refractivity contribution < 1.29 is 0 Å². The molecule has 0 aliphatic carbocycles. The third-order valence-corrected chi connectivity index (χ3v) is 4.17. The topological polar surface area (TPSA) is 4.93 Å². The van der Waals surface area contributed by atoms with Gasteiger partial charge >= 0.3 is 0 Å². The lowest BCUT2D eigenvalue weighted by atomic mass is 10.00. The molecule has 0 aliphatic heterocycles. The minimum absolute atomic E-state index is 0.956. The zero-order valence-electron chi connectivity index (χ0n) is 12.7. The Morgan fingerprint density at radius 1 is 0.850 bits per heavy atom. The van der Waals surface area contributed by atoms with E-state index in [9.17, 15) is 0 Å². The van der Waals surface area contributed by atoms with E-state index in [2.05, 4.69) is 74.7 Å². The van der Waals surface area contributed by atoms with Gasteiger partial charge in [0.25, 0.3) is 0 Å². The Labute approximate surface area is 120 Å². The Kier molecular flexibility index (Phi) is 3.13. The van der Waals surface area contributed by atoms with Crippen LogP contribution in [0.5, 0.6) is 0 Å². The summed E-state index contributed by atoms with van der Waals surface area (Å²) in [5, 5.41) is 1.33. The highest BCUT2D eigenvalue weighted by molar-refractivity contribution is 5.81. The van der Waals surface area contributed by atoms with Crippen LogP contribution in [0, 0.1) is 27.7 Å². The average Bonchev–Trinajstić information content (AvgIpc) is 2.69. The quantitative estimate of drug-likeness (QED) is 0.618. The molecule has 0 radical (unpaired) electrons. The minimum atomic E-state index is 0.956. The standard InChI is InChI=1S/C19H21N/c1-13-9-14(2)18(15(3)10-13)12-20-16(4)11-17-7-5-6-8-19(17)20/h5-11H,12H2,1-4H3. The van der Waals surface area contributed by atoms with Gasteiger partial charge in [-0.15, -0.1) is 0 Å². The van der Waals surface area contributed by atoms with Gasteiger partial charge in [-0.25, -0.2) is 0 Å². The van der Waals surface area contributed by atoms with Crippen LogP contribution in [0.3, 0.4) is 0 Å². The molecule has 0 fully saturated rings. The molecule has 1 nitrogen and oxygen atoms in total. The molecular formula is C19H21N. The molecule has 0 atom stereocenters. The molecule has 3 aromatic rings. The normalized spacial score (nSPS) is 11.2. The number of fused-ring (bicyclic) bond motifs is 1. The summed E-state index contributed by atoms with van der Waals surface area (Å²) in [7, 11) is 0. The minimum Gasteiger partial charge on any atom is -0.340 e. The number of hydrogen-bond donors (Lipinski definition) is 0. The summed E-state index contributed by atoms with van der Waals surface area (Å²) in [5.74, 6) is 0. The van der Waals surface area contributed by atoms with Crippen LogP contribution >= 0.6 is 0 Å². The Morgan fingerprint density at radius 2 is 1.50 bits per heavy atom. The van der Waals surface area contributed by atoms with Gasteiger partial charge in [-0.1, -0.05) is 35.9 Å². The van der Waals surface area contributed by atoms with Crippen molar-refractivity contribution in [2.24, 2.45) is 0 Å². The van der Waals surface area contributed by atoms with Crippen LogP contribution in [0.2, 0.25) is 0 Å². The number of para-hydroxylation sites is 1. The van der Waals surface area contributed by atoms with Crippen molar-refractivity contribution in [1.29, 1.82) is 0 Å². The first-order valence-corrected chi connectivity index (χ1v) is 7.18. The summed E-state index contributed by atoms with van der Waals surface area (Å²) >= 11 is 0. The number of hydrogen-bond acceptors (Lipinski definition) is 0. The highest BCUT2D eigenvalue weighted by Crippen LogP contribution is 2.23. The summed E-state index contributed by atoms with van der Waals surface area (Å²) in [5.41, 5.74) is 8.22. The zero-order chi connectivity index (χ0) is 14.3. The van der Waals surface area contributed by atoms with Crippen LogP contribution in [0.4, 0.5) is 0 Å². The van der Waals surface area contributed by atoms with Gasteiger partial charge in [0.1, 0.15) is 0 Å². The van der Waals surface area contributed by atoms with Crippen molar-refractivity contribution in [3.8, 4) is 0 Å². The van der Waals surface area contributed by atoms with Gasteiger partial charge in [0.05, 0.1) is 0 Å². The molecule has 102 valence electrons. The molecule has 1 aromatic heterocycles. The molecule has 0 saturated heterocycles. The number of nitrogens with zero attached hydrogens (tertiary/aromatic N) is 1. The summed E-state index contributed by atoms with van der Waals surface area (Å²) < 4.78 is 2.42. The molecule has 1 heterocycles. The fourth-order valence-corrected chi connectivity index (χ4v) is 3.18. The highest BCUT2D eigenvalue weighted by Gasteiger charge is 2.09. The smallest absolute Gasteiger partial charge is 0.0485 e. The highest BCUT2D eigenvalue weighted by atomic mass is 15.0. The second-order valence-electron chi connectivity index (χ2n) is 5.81. The maximum Gasteiger partial charge on any atom is 0.0485 e. The first-order valence-electron chi connectivity index (χ1n) is 7.18. The van der Waals surface area contributed by atoms with Crippen molar-refractivity contribution >= 4 is 10.9 Å². The third-order valence-electron chi connectivity index (χ3n) is 4.17. The van der Waals surface area contributed by atoms with Gasteiger partial charge < -0.3 is 4.57 Å². The number of benzene rings is 2. The monoisotopic (exact) mass is 263 g/mol. The molecule has 0 spiro atoms. The molecule has 20 heavy (non-hydrogen) atoms. The predicted octanol–water partition coefficient (Wildman–Crippen LogP) is 4.92. The van der Waals surface area contributed by atoms with Gasteiger partial charge in [-0.2, -0.15) is 0 Å². The first-order chi connectivity index (χ1) is 9.56. The molecule has 2 aromatic carbocycles. The fraction of sp³-hybridized carbons (Fsp3) is 0.263. The molecule has 3 rings (SSSR count). The Morgan fingerprint density at radius 3 is 2.20 bits per heavy atom. The summed E-state index contributed by atoms with van der Waals surface area (Å²) in [4.78, 5) is 0. The van der Waals surface area contributed by atoms with Gasteiger partial charge in [0.2, 0.25) is 0 Å². The van der Waals surface area contributed by atoms with E-state index in [0.29, 0.717) is 0 Å². The zero-order valence-corrected chi connectivity index (χ0v) is 12.7. The number of aromatic nitrogens is 1. The second kappa shape index (κ2) is 4.82. The lowest BCUT2D eigenvalue weighted by Gasteiger charge is -2.14. The van der Waals surface area contributed by atoms with E-state index in [1.54, 1.807) is 0 Å². The van der Waals surface area contributed by atoms with E-state index in [-0.39, 0.29) is 0 Å². The maximum atomic E-state index is 2.42. The van der Waals surface area contributed by atoms with Crippen LogP contribution < -0.4 is 0 Å². The van der Waals surface area contributed by atoms with E-state index in [1.807, 2.05) is 0 Å². The van der Waals surface area contributed by atoms with E-state index < -0.39 is 0 Å². The van der Waals surface area contributed by atoms with Gasteiger partial charge in [0.15, 0.2) is 0 Å². The van der Waals surface area contributed by atoms with Crippen LogP contribution in [0.25, 0.3) is 10.9 Å². The lowest BCUT2D eigenvalue weighted by Crippen LogP contribution is -2.05. The first kappa shape index (κ1) is 13.0. The number of rotatable bonds is 2. The van der Waals surface area contributed by atoms with Crippen LogP contribution in [-0.2, 0) is 6.54 Å². The molecule has 0 saturated carbocycles. The predicted molar refractivity (Wildman–Crippen MR) is 86.4 cm³/mol. The summed E-state index contributed by atoms with van der Waals surface area (Å²) in [6.07, 6.45) is 0. The van der Waals surface area contributed by atoms with Crippen LogP contribution in [0.1, 0.15) is 27.9 Å². The molecule has 0 aliphatic rings. The van der Waals surface area contributed by atoms with Crippen molar-refractivity contribution in [1.82, 2.24) is 4.57 Å². The second-order valence-corrected chi connectivity index (χ2v) is 5.81. The van der Waals surface area contributed by atoms with E-state index in [1.165, 1.54) is 38.9 Å². The molecule has 0 bridgehead atoms. The fourth-order valence-electron chi connectivity index (χ4n) is 3.18. The van der Waals surface area contributed by atoms with Crippen molar-refractivity contribution in [3.63, 3.8) is 0 Å². The molecule has 1 heteroatoms. The molecule has 0 unspecified atom stereocenters. The number of aryl methyl sites for hydroxylation is 4. The van der Waals surface area contributed by atoms with E-state index >= 15 is 0 Å².